The summed E-state index contributed by atoms with van der Waals surface area (Å²) in [6.45, 7) is 0. The maximum Gasteiger partial charge on any atom is 0.0395 e. The third-order valence-electron chi connectivity index (χ3n) is 2.43. The molecule has 0 aliphatic heterocycles. The van der Waals surface area contributed by atoms with Crippen LogP contribution in [0.5, 0.6) is 0 Å². The lowest BCUT2D eigenvalue weighted by atomic mass is 10.0. The first-order valence-electron chi connectivity index (χ1n) is 4.94. The molecule has 0 spiro atoms. The molecule has 0 bridgehead atoms. The van der Waals surface area contributed by atoms with Crippen molar-refractivity contribution in [3.05, 3.63) is 48.5 Å². The fourth-order valence-corrected chi connectivity index (χ4v) is 1.58. The highest BCUT2D eigenvalue weighted by atomic mass is 14.8. The van der Waals surface area contributed by atoms with Gasteiger partial charge in [-0.05, 0) is 23.8 Å². The van der Waals surface area contributed by atoms with E-state index in [1.165, 1.54) is 0 Å². The van der Waals surface area contributed by atoms with E-state index in [2.05, 4.69) is 23.5 Å². The van der Waals surface area contributed by atoms with Crippen molar-refractivity contribution >= 4 is 11.4 Å². The van der Waals surface area contributed by atoms with Gasteiger partial charge in [0.15, 0.2) is 0 Å². The van der Waals surface area contributed by atoms with Gasteiger partial charge in [0, 0.05) is 24.0 Å². The summed E-state index contributed by atoms with van der Waals surface area (Å²) in [5.41, 5.74) is 10.0. The Morgan fingerprint density at radius 2 is 1.73 bits per heavy atom. The molecule has 2 heteroatoms. The van der Waals surface area contributed by atoms with Crippen LogP contribution in [0.4, 0.5) is 11.4 Å². The summed E-state index contributed by atoms with van der Waals surface area (Å²) >= 11 is 0. The van der Waals surface area contributed by atoms with Crippen molar-refractivity contribution in [2.45, 2.75) is 0 Å². The molecule has 2 aromatic carbocycles. The van der Waals surface area contributed by atoms with Crippen LogP contribution >= 0.6 is 0 Å². The van der Waals surface area contributed by atoms with Crippen molar-refractivity contribution in [2.24, 2.45) is 0 Å². The lowest BCUT2D eigenvalue weighted by Gasteiger charge is -2.08. The third-order valence-corrected chi connectivity index (χ3v) is 2.43. The molecule has 0 aromatic heterocycles. The molecule has 0 aliphatic carbocycles. The lowest BCUT2D eigenvalue weighted by molar-refractivity contribution is 1.50. The molecule has 0 fully saturated rings. The fraction of sp³-hybridized carbons (Fsp3) is 0.0769. The number of nitrogens with one attached hydrogen (secondary N) is 1. The Bertz CT molecular complexity index is 449. The van der Waals surface area contributed by atoms with Crippen molar-refractivity contribution in [1.29, 1.82) is 0 Å². The third kappa shape index (κ3) is 1.94. The number of anilines is 2. The first-order chi connectivity index (χ1) is 7.31. The molecule has 0 saturated heterocycles. The summed E-state index contributed by atoms with van der Waals surface area (Å²) in [5, 5.41) is 3.11. The lowest BCUT2D eigenvalue weighted by Crippen LogP contribution is -1.93. The average Bonchev–Trinajstić information content (AvgIpc) is 2.31. The van der Waals surface area contributed by atoms with Gasteiger partial charge in [-0.2, -0.15) is 0 Å². The summed E-state index contributed by atoms with van der Waals surface area (Å²) in [6, 6.07) is 16.1. The first kappa shape index (κ1) is 9.59. The van der Waals surface area contributed by atoms with Crippen LogP contribution in [-0.4, -0.2) is 7.05 Å². The van der Waals surface area contributed by atoms with Crippen molar-refractivity contribution < 1.29 is 0 Å². The maximum atomic E-state index is 5.95. The minimum Gasteiger partial charge on any atom is -0.398 e. The number of hydrogen-bond acceptors (Lipinski definition) is 2. The molecule has 0 heterocycles. The molecule has 0 saturated carbocycles. The zero-order chi connectivity index (χ0) is 10.7. The summed E-state index contributed by atoms with van der Waals surface area (Å²) in [4.78, 5) is 0. The Morgan fingerprint density at radius 1 is 1.00 bits per heavy atom. The van der Waals surface area contributed by atoms with E-state index < -0.39 is 0 Å². The van der Waals surface area contributed by atoms with Crippen molar-refractivity contribution in [2.75, 3.05) is 18.1 Å². The summed E-state index contributed by atoms with van der Waals surface area (Å²) < 4.78 is 0. The van der Waals surface area contributed by atoms with Crippen LogP contribution in [0.3, 0.4) is 0 Å². The van der Waals surface area contributed by atoms with Gasteiger partial charge >= 0.3 is 0 Å². The first-order valence-corrected chi connectivity index (χ1v) is 4.94. The second kappa shape index (κ2) is 4.05. The molecular weight excluding hydrogens is 184 g/mol. The Balaban J connectivity index is 2.52. The van der Waals surface area contributed by atoms with E-state index in [9.17, 15) is 0 Å². The standard InChI is InChI=1S/C13H14N2/c1-15-11-7-8-13(14)12(9-11)10-5-3-2-4-6-10/h2-9,15H,14H2,1H3. The zero-order valence-corrected chi connectivity index (χ0v) is 8.70. The molecular formula is C13H14N2. The second-order valence-electron chi connectivity index (χ2n) is 3.42. The van der Waals surface area contributed by atoms with Crippen molar-refractivity contribution in [3.8, 4) is 11.1 Å². The van der Waals surface area contributed by atoms with Crippen molar-refractivity contribution in [1.82, 2.24) is 0 Å². The molecule has 3 N–H and O–H groups in total. The SMILES string of the molecule is CNc1ccc(N)c(-c2ccccc2)c1. The summed E-state index contributed by atoms with van der Waals surface area (Å²) in [6.07, 6.45) is 0. The van der Waals surface area contributed by atoms with Gasteiger partial charge in [-0.3, -0.25) is 0 Å². The molecule has 0 aliphatic rings. The quantitative estimate of drug-likeness (QED) is 0.728. The molecule has 2 rings (SSSR count). The maximum absolute atomic E-state index is 5.95. The van der Waals surface area contributed by atoms with E-state index in [4.69, 9.17) is 5.73 Å². The Hall–Kier alpha value is -1.96. The highest BCUT2D eigenvalue weighted by Gasteiger charge is 2.02. The minimum atomic E-state index is 0.806. The van der Waals surface area contributed by atoms with E-state index in [1.54, 1.807) is 0 Å². The van der Waals surface area contributed by atoms with Gasteiger partial charge in [0.05, 0.1) is 0 Å². The Kier molecular flexibility index (Phi) is 2.59. The van der Waals surface area contributed by atoms with Crippen LogP contribution in [0, 0.1) is 0 Å². The Morgan fingerprint density at radius 3 is 2.40 bits per heavy atom. The van der Waals surface area contributed by atoms with Crippen molar-refractivity contribution in [3.63, 3.8) is 0 Å². The largest absolute Gasteiger partial charge is 0.398 e. The molecule has 0 amide bonds. The normalized spacial score (nSPS) is 9.93. The van der Waals surface area contributed by atoms with E-state index in [-0.39, 0.29) is 0 Å². The highest BCUT2D eigenvalue weighted by Crippen LogP contribution is 2.28. The van der Waals surface area contributed by atoms with Crippen LogP contribution in [0.15, 0.2) is 48.5 Å². The van der Waals surface area contributed by atoms with Crippen LogP contribution in [0.25, 0.3) is 11.1 Å². The predicted molar refractivity (Wildman–Crippen MR) is 65.8 cm³/mol. The number of hydrogen-bond donors (Lipinski definition) is 2. The zero-order valence-electron chi connectivity index (χ0n) is 8.70. The molecule has 2 nitrogen and oxygen atoms in total. The van der Waals surface area contributed by atoms with Gasteiger partial charge in [-0.15, -0.1) is 0 Å². The van der Waals surface area contributed by atoms with Crippen LogP contribution in [-0.2, 0) is 0 Å². The number of nitrogens with two attached hydrogens (primary N) is 1. The molecule has 0 atom stereocenters. The predicted octanol–water partition coefficient (Wildman–Crippen LogP) is 2.98. The minimum absolute atomic E-state index is 0.806. The second-order valence-corrected chi connectivity index (χ2v) is 3.42. The van der Waals surface area contributed by atoms with Crippen LogP contribution in [0.2, 0.25) is 0 Å². The number of nitrogen functional groups attached to an aromatic ring is 1. The van der Waals surface area contributed by atoms with Crippen LogP contribution < -0.4 is 11.1 Å². The number of benzene rings is 2. The van der Waals surface area contributed by atoms with Gasteiger partial charge in [-0.25, -0.2) is 0 Å². The fourth-order valence-electron chi connectivity index (χ4n) is 1.58. The topological polar surface area (TPSA) is 38.0 Å². The van der Waals surface area contributed by atoms with E-state index in [1.807, 2.05) is 37.4 Å². The summed E-state index contributed by atoms with van der Waals surface area (Å²) in [7, 11) is 1.90. The molecule has 0 radical (unpaired) electrons. The van der Waals surface area contributed by atoms with Gasteiger partial charge in [0.1, 0.15) is 0 Å². The monoisotopic (exact) mass is 198 g/mol. The average molecular weight is 198 g/mol. The number of rotatable bonds is 2. The van der Waals surface area contributed by atoms with Gasteiger partial charge in [0.2, 0.25) is 0 Å². The van der Waals surface area contributed by atoms with E-state index >= 15 is 0 Å². The molecule has 15 heavy (non-hydrogen) atoms. The van der Waals surface area contributed by atoms with E-state index in [0.29, 0.717) is 0 Å². The van der Waals surface area contributed by atoms with Gasteiger partial charge < -0.3 is 11.1 Å². The molecule has 0 unspecified atom stereocenters. The van der Waals surface area contributed by atoms with Crippen LogP contribution in [0.1, 0.15) is 0 Å². The van der Waals surface area contributed by atoms with E-state index in [0.717, 1.165) is 22.5 Å². The molecule has 2 aromatic rings. The van der Waals surface area contributed by atoms with Gasteiger partial charge in [0.25, 0.3) is 0 Å². The highest BCUT2D eigenvalue weighted by molar-refractivity contribution is 5.79. The van der Waals surface area contributed by atoms with Gasteiger partial charge in [-0.1, -0.05) is 30.3 Å². The summed E-state index contributed by atoms with van der Waals surface area (Å²) in [5.74, 6) is 0. The Labute approximate surface area is 89.7 Å². The smallest absolute Gasteiger partial charge is 0.0395 e. The molecule has 76 valence electrons.